The topological polar surface area (TPSA) is 84.2 Å². The molecule has 130 valence electrons. The van der Waals surface area contributed by atoms with Gasteiger partial charge in [0.2, 0.25) is 5.91 Å². The molecule has 0 fully saturated rings. The van der Waals surface area contributed by atoms with Crippen LogP contribution >= 0.6 is 24.0 Å². The Morgan fingerprint density at radius 2 is 1.91 bits per heavy atom. The van der Waals surface area contributed by atoms with E-state index < -0.39 is 6.04 Å². The van der Waals surface area contributed by atoms with E-state index in [0.29, 0.717) is 17.8 Å². The highest BCUT2D eigenvalue weighted by molar-refractivity contribution is 6.34. The number of halogens is 2. The number of nitrogens with two attached hydrogens (primary N) is 1. The molecule has 5 nitrogen and oxygen atoms in total. The summed E-state index contributed by atoms with van der Waals surface area (Å²) in [7, 11) is 0. The number of carbonyl (C=O) groups is 2. The largest absolute Gasteiger partial charge is 0.352 e. The Labute approximate surface area is 148 Å². The average Bonchev–Trinajstić information content (AvgIpc) is 2.43. The lowest BCUT2D eigenvalue weighted by Gasteiger charge is -2.25. The fourth-order valence-electron chi connectivity index (χ4n) is 1.72. The van der Waals surface area contributed by atoms with E-state index in [1.165, 1.54) is 0 Å². The molecule has 0 saturated heterocycles. The van der Waals surface area contributed by atoms with E-state index in [0.717, 1.165) is 6.42 Å². The molecule has 0 unspecified atom stereocenters. The maximum absolute atomic E-state index is 12.1. The van der Waals surface area contributed by atoms with E-state index in [4.69, 9.17) is 17.3 Å². The number of carbonyl (C=O) groups excluding carboxylic acids is 2. The maximum atomic E-state index is 12.1. The van der Waals surface area contributed by atoms with Crippen molar-refractivity contribution in [1.82, 2.24) is 5.32 Å². The van der Waals surface area contributed by atoms with Crippen molar-refractivity contribution >= 4 is 41.5 Å². The van der Waals surface area contributed by atoms with Crippen molar-refractivity contribution in [2.24, 2.45) is 11.1 Å². The van der Waals surface area contributed by atoms with E-state index in [9.17, 15) is 9.59 Å². The third-order valence-electron chi connectivity index (χ3n) is 3.23. The van der Waals surface area contributed by atoms with Crippen molar-refractivity contribution < 1.29 is 9.59 Å². The van der Waals surface area contributed by atoms with Crippen molar-refractivity contribution in [2.45, 2.75) is 40.2 Å². The molecule has 0 radical (unpaired) electrons. The normalized spacial score (nSPS) is 12.1. The molecule has 0 aliphatic heterocycles. The molecule has 1 rings (SSSR count). The summed E-state index contributed by atoms with van der Waals surface area (Å²) < 4.78 is 0. The van der Waals surface area contributed by atoms with E-state index in [1.54, 1.807) is 18.2 Å². The van der Waals surface area contributed by atoms with Crippen molar-refractivity contribution in [3.63, 3.8) is 0 Å². The molecule has 7 heteroatoms. The molecule has 1 atom stereocenters. The Balaban J connectivity index is 0.00000484. The van der Waals surface area contributed by atoms with Crippen LogP contribution in [-0.2, 0) is 4.79 Å². The summed E-state index contributed by atoms with van der Waals surface area (Å²) in [6.07, 6.45) is 0.849. The first-order valence-electron chi connectivity index (χ1n) is 7.31. The van der Waals surface area contributed by atoms with Crippen LogP contribution < -0.4 is 16.4 Å². The standard InChI is InChI=1S/C16H24ClN3O2.ClH/c1-5-8-19-14(21)11-7-6-10(9-12(11)17)20-15(22)13(18)16(2,3)4;/h6-7,9,13H,5,8,18H2,1-4H3,(H,19,21)(H,20,22);1H/t13-;/m1./s1. The fourth-order valence-corrected chi connectivity index (χ4v) is 1.99. The molecular formula is C16H25Cl2N3O2. The monoisotopic (exact) mass is 361 g/mol. The predicted molar refractivity (Wildman–Crippen MR) is 97.4 cm³/mol. The van der Waals surface area contributed by atoms with Gasteiger partial charge in [0.25, 0.3) is 5.91 Å². The highest BCUT2D eigenvalue weighted by atomic mass is 35.5. The number of hydrogen-bond donors (Lipinski definition) is 3. The van der Waals surface area contributed by atoms with Crippen LogP contribution in [0.5, 0.6) is 0 Å². The Bertz CT molecular complexity index is 557. The quantitative estimate of drug-likeness (QED) is 0.752. The lowest BCUT2D eigenvalue weighted by atomic mass is 9.87. The summed E-state index contributed by atoms with van der Waals surface area (Å²) in [5.74, 6) is -0.511. The minimum absolute atomic E-state index is 0. The van der Waals surface area contributed by atoms with Crippen molar-refractivity contribution in [2.75, 3.05) is 11.9 Å². The molecule has 23 heavy (non-hydrogen) atoms. The van der Waals surface area contributed by atoms with Gasteiger partial charge >= 0.3 is 0 Å². The van der Waals surface area contributed by atoms with Gasteiger partial charge < -0.3 is 16.4 Å². The molecule has 0 saturated carbocycles. The summed E-state index contributed by atoms with van der Waals surface area (Å²) in [5, 5.41) is 5.76. The minimum Gasteiger partial charge on any atom is -0.352 e. The van der Waals surface area contributed by atoms with Gasteiger partial charge in [-0.3, -0.25) is 9.59 Å². The number of anilines is 1. The highest BCUT2D eigenvalue weighted by Crippen LogP contribution is 2.23. The molecule has 0 bridgehead atoms. The molecule has 0 heterocycles. The number of nitrogens with one attached hydrogen (secondary N) is 2. The van der Waals surface area contributed by atoms with Gasteiger partial charge in [0.1, 0.15) is 0 Å². The molecule has 4 N–H and O–H groups in total. The van der Waals surface area contributed by atoms with Crippen LogP contribution in [0.4, 0.5) is 5.69 Å². The third-order valence-corrected chi connectivity index (χ3v) is 3.54. The van der Waals surface area contributed by atoms with E-state index in [1.807, 2.05) is 27.7 Å². The first kappa shape index (κ1) is 21.7. The molecular weight excluding hydrogens is 337 g/mol. The van der Waals surface area contributed by atoms with Crippen LogP contribution in [-0.4, -0.2) is 24.4 Å². The molecule has 1 aromatic rings. The van der Waals surface area contributed by atoms with Gasteiger partial charge in [0.05, 0.1) is 16.6 Å². The Morgan fingerprint density at radius 3 is 2.39 bits per heavy atom. The zero-order valence-corrected chi connectivity index (χ0v) is 15.5. The first-order valence-corrected chi connectivity index (χ1v) is 7.68. The van der Waals surface area contributed by atoms with Gasteiger partial charge in [0, 0.05) is 12.2 Å². The lowest BCUT2D eigenvalue weighted by molar-refractivity contribution is -0.119. The van der Waals surface area contributed by atoms with Crippen molar-refractivity contribution in [3.05, 3.63) is 28.8 Å². The SMILES string of the molecule is CCCNC(=O)c1ccc(NC(=O)[C@@H](N)C(C)(C)C)cc1Cl.Cl. The Kier molecular flexibility index (Phi) is 8.59. The van der Waals surface area contributed by atoms with Gasteiger partial charge in [-0.15, -0.1) is 12.4 Å². The second-order valence-corrected chi connectivity index (χ2v) is 6.69. The number of rotatable bonds is 5. The van der Waals surface area contributed by atoms with Crippen LogP contribution in [0.25, 0.3) is 0 Å². The molecule has 0 aliphatic rings. The van der Waals surface area contributed by atoms with Crippen molar-refractivity contribution in [1.29, 1.82) is 0 Å². The summed E-state index contributed by atoms with van der Waals surface area (Å²) in [6.45, 7) is 8.25. The summed E-state index contributed by atoms with van der Waals surface area (Å²) >= 11 is 6.11. The number of amides is 2. The third kappa shape index (κ3) is 6.37. The maximum Gasteiger partial charge on any atom is 0.252 e. The molecule has 2 amide bonds. The molecule has 0 aliphatic carbocycles. The van der Waals surface area contributed by atoms with Crippen LogP contribution in [0.2, 0.25) is 5.02 Å². The number of hydrogen-bond acceptors (Lipinski definition) is 3. The van der Waals surface area contributed by atoms with E-state index in [-0.39, 0.29) is 34.7 Å². The van der Waals surface area contributed by atoms with Crippen LogP contribution in [0.3, 0.4) is 0 Å². The second kappa shape index (κ2) is 9.11. The van der Waals surface area contributed by atoms with Crippen LogP contribution in [0.1, 0.15) is 44.5 Å². The summed E-state index contributed by atoms with van der Waals surface area (Å²) in [5.41, 5.74) is 6.46. The molecule has 0 aromatic heterocycles. The summed E-state index contributed by atoms with van der Waals surface area (Å²) in [6, 6.07) is 4.14. The molecule has 0 spiro atoms. The highest BCUT2D eigenvalue weighted by Gasteiger charge is 2.27. The van der Waals surface area contributed by atoms with Gasteiger partial charge in [-0.25, -0.2) is 0 Å². The Morgan fingerprint density at radius 1 is 1.30 bits per heavy atom. The number of benzene rings is 1. The lowest BCUT2D eigenvalue weighted by Crippen LogP contribution is -2.45. The van der Waals surface area contributed by atoms with Gasteiger partial charge in [-0.1, -0.05) is 39.3 Å². The predicted octanol–water partition coefficient (Wildman–Crippen LogP) is 3.21. The zero-order valence-electron chi connectivity index (χ0n) is 13.9. The van der Waals surface area contributed by atoms with Crippen LogP contribution in [0, 0.1) is 5.41 Å². The zero-order chi connectivity index (χ0) is 16.9. The van der Waals surface area contributed by atoms with E-state index >= 15 is 0 Å². The fraction of sp³-hybridized carbons (Fsp3) is 0.500. The van der Waals surface area contributed by atoms with Gasteiger partial charge in [-0.2, -0.15) is 0 Å². The van der Waals surface area contributed by atoms with Crippen molar-refractivity contribution in [3.8, 4) is 0 Å². The van der Waals surface area contributed by atoms with Gasteiger partial charge in [0.15, 0.2) is 0 Å². The van der Waals surface area contributed by atoms with Gasteiger partial charge in [-0.05, 0) is 30.0 Å². The Hall–Kier alpha value is -1.30. The summed E-state index contributed by atoms with van der Waals surface area (Å²) in [4.78, 5) is 24.0. The first-order chi connectivity index (χ1) is 10.2. The minimum atomic E-state index is -0.640. The van der Waals surface area contributed by atoms with Crippen LogP contribution in [0.15, 0.2) is 18.2 Å². The smallest absolute Gasteiger partial charge is 0.252 e. The average molecular weight is 362 g/mol. The second-order valence-electron chi connectivity index (χ2n) is 6.28. The molecule has 1 aromatic carbocycles. The van der Waals surface area contributed by atoms with E-state index in [2.05, 4.69) is 10.6 Å².